The van der Waals surface area contributed by atoms with Crippen LogP contribution in [0, 0.1) is 20.2 Å². The molecule has 10 nitrogen and oxygen atoms in total. The van der Waals surface area contributed by atoms with Gasteiger partial charge in [-0.25, -0.2) is 4.79 Å². The van der Waals surface area contributed by atoms with Crippen LogP contribution in [0.3, 0.4) is 0 Å². The van der Waals surface area contributed by atoms with Crippen molar-refractivity contribution in [1.29, 1.82) is 0 Å². The van der Waals surface area contributed by atoms with Crippen LogP contribution in [0.5, 0.6) is 11.5 Å². The number of nitrogens with zero attached hydrogens (tertiary/aromatic N) is 2. The van der Waals surface area contributed by atoms with Gasteiger partial charge in [0.15, 0.2) is 6.10 Å². The van der Waals surface area contributed by atoms with Crippen LogP contribution in [0.15, 0.2) is 84.9 Å². The Labute approximate surface area is 194 Å². The van der Waals surface area contributed by atoms with E-state index in [9.17, 15) is 25.0 Å². The lowest BCUT2D eigenvalue weighted by Gasteiger charge is -2.18. The molecule has 0 aliphatic rings. The number of nitro groups is 2. The average molecular weight is 464 g/mol. The van der Waals surface area contributed by atoms with Crippen molar-refractivity contribution in [2.75, 3.05) is 13.2 Å². The topological polar surface area (TPSA) is 131 Å². The first-order chi connectivity index (χ1) is 16.4. The standard InChI is InChI=1S/C24H20N2O8/c27-24(15-6-18-4-2-1-3-5-18)34-23(16-32-21-11-7-19(8-12-21)25(28)29)17-33-22-13-9-20(10-14-22)26(30)31/h1-15,23H,16-17H2. The second-order valence-corrected chi connectivity index (χ2v) is 6.93. The van der Waals surface area contributed by atoms with Gasteiger partial charge in [0, 0.05) is 30.3 Å². The van der Waals surface area contributed by atoms with Gasteiger partial charge in [-0.3, -0.25) is 20.2 Å². The Morgan fingerprint density at radius 2 is 1.24 bits per heavy atom. The van der Waals surface area contributed by atoms with E-state index in [1.807, 2.05) is 30.3 Å². The molecule has 3 rings (SSSR count). The van der Waals surface area contributed by atoms with Crippen molar-refractivity contribution < 1.29 is 28.9 Å². The first-order valence-electron chi connectivity index (χ1n) is 10.1. The maximum Gasteiger partial charge on any atom is 0.331 e. The zero-order valence-electron chi connectivity index (χ0n) is 17.8. The molecule has 0 atom stereocenters. The maximum atomic E-state index is 12.3. The van der Waals surface area contributed by atoms with E-state index in [0.717, 1.165) is 5.56 Å². The highest BCUT2D eigenvalue weighted by Gasteiger charge is 2.17. The summed E-state index contributed by atoms with van der Waals surface area (Å²) in [5.74, 6) is 0.0806. The van der Waals surface area contributed by atoms with Gasteiger partial charge < -0.3 is 14.2 Å². The smallest absolute Gasteiger partial charge is 0.331 e. The first kappa shape index (κ1) is 23.9. The third kappa shape index (κ3) is 7.45. The monoisotopic (exact) mass is 464 g/mol. The summed E-state index contributed by atoms with van der Waals surface area (Å²) < 4.78 is 16.7. The van der Waals surface area contributed by atoms with Crippen LogP contribution in [0.25, 0.3) is 6.08 Å². The molecule has 0 spiro atoms. The molecular formula is C24H20N2O8. The van der Waals surface area contributed by atoms with Crippen LogP contribution in [0.1, 0.15) is 5.56 Å². The molecule has 0 radical (unpaired) electrons. The van der Waals surface area contributed by atoms with E-state index < -0.39 is 21.9 Å². The minimum absolute atomic E-state index is 0.0807. The van der Waals surface area contributed by atoms with Gasteiger partial charge in [0.05, 0.1) is 9.85 Å². The summed E-state index contributed by atoms with van der Waals surface area (Å²) in [6, 6.07) is 20.1. The number of ether oxygens (including phenoxy) is 3. The van der Waals surface area contributed by atoms with Crippen molar-refractivity contribution in [3.8, 4) is 11.5 Å². The zero-order chi connectivity index (χ0) is 24.3. The summed E-state index contributed by atoms with van der Waals surface area (Å²) in [7, 11) is 0. The first-order valence-corrected chi connectivity index (χ1v) is 10.1. The van der Waals surface area contributed by atoms with E-state index in [-0.39, 0.29) is 24.6 Å². The molecule has 0 fully saturated rings. The molecular weight excluding hydrogens is 444 g/mol. The second-order valence-electron chi connectivity index (χ2n) is 6.93. The summed E-state index contributed by atoms with van der Waals surface area (Å²) >= 11 is 0. The molecule has 0 aromatic heterocycles. The van der Waals surface area contributed by atoms with Crippen molar-refractivity contribution in [3.63, 3.8) is 0 Å². The normalized spacial score (nSPS) is 10.7. The quantitative estimate of drug-likeness (QED) is 0.174. The highest BCUT2D eigenvalue weighted by Crippen LogP contribution is 2.19. The van der Waals surface area contributed by atoms with Gasteiger partial charge in [0.1, 0.15) is 24.7 Å². The van der Waals surface area contributed by atoms with E-state index in [4.69, 9.17) is 14.2 Å². The van der Waals surface area contributed by atoms with E-state index in [0.29, 0.717) is 11.5 Å². The van der Waals surface area contributed by atoms with Gasteiger partial charge in [-0.05, 0) is 35.9 Å². The largest absolute Gasteiger partial charge is 0.490 e. The van der Waals surface area contributed by atoms with E-state index >= 15 is 0 Å². The van der Waals surface area contributed by atoms with Crippen molar-refractivity contribution in [3.05, 3.63) is 111 Å². The van der Waals surface area contributed by atoms with Crippen LogP contribution in [-0.2, 0) is 9.53 Å². The Bertz CT molecular complexity index is 1080. The molecule has 0 aliphatic heterocycles. The summed E-state index contributed by atoms with van der Waals surface area (Å²) in [5, 5.41) is 21.6. The number of hydrogen-bond acceptors (Lipinski definition) is 8. The van der Waals surface area contributed by atoms with Gasteiger partial charge in [-0.15, -0.1) is 0 Å². The Morgan fingerprint density at radius 3 is 1.68 bits per heavy atom. The Balaban J connectivity index is 1.64. The lowest BCUT2D eigenvalue weighted by molar-refractivity contribution is -0.385. The van der Waals surface area contributed by atoms with E-state index in [1.165, 1.54) is 54.6 Å². The van der Waals surface area contributed by atoms with Gasteiger partial charge in [0.25, 0.3) is 11.4 Å². The van der Waals surface area contributed by atoms with Crippen LogP contribution >= 0.6 is 0 Å². The van der Waals surface area contributed by atoms with Crippen LogP contribution in [0.2, 0.25) is 0 Å². The molecule has 0 N–H and O–H groups in total. The summed E-state index contributed by atoms with van der Waals surface area (Å²) in [5.41, 5.74) is 0.658. The average Bonchev–Trinajstić information content (AvgIpc) is 2.85. The molecule has 0 aliphatic carbocycles. The number of benzene rings is 3. The fourth-order valence-corrected chi connectivity index (χ4v) is 2.75. The highest BCUT2D eigenvalue weighted by atomic mass is 16.6. The van der Waals surface area contributed by atoms with E-state index in [2.05, 4.69) is 0 Å². The van der Waals surface area contributed by atoms with Crippen LogP contribution in [0.4, 0.5) is 11.4 Å². The van der Waals surface area contributed by atoms with Gasteiger partial charge in [0.2, 0.25) is 0 Å². The molecule has 0 heterocycles. The Morgan fingerprint density at radius 1 is 0.765 bits per heavy atom. The number of hydrogen-bond donors (Lipinski definition) is 0. The minimum Gasteiger partial charge on any atom is -0.490 e. The number of rotatable bonds is 11. The summed E-state index contributed by atoms with van der Waals surface area (Å²) in [6.07, 6.45) is 2.05. The molecule has 0 unspecified atom stereocenters. The lowest BCUT2D eigenvalue weighted by Crippen LogP contribution is -2.30. The fourth-order valence-electron chi connectivity index (χ4n) is 2.75. The molecule has 10 heteroatoms. The lowest BCUT2D eigenvalue weighted by atomic mass is 10.2. The summed E-state index contributed by atoms with van der Waals surface area (Å²) in [4.78, 5) is 32.9. The Kier molecular flexibility index (Phi) is 8.28. The van der Waals surface area contributed by atoms with Crippen LogP contribution < -0.4 is 9.47 Å². The summed E-state index contributed by atoms with van der Waals surface area (Å²) in [6.45, 7) is -0.175. The van der Waals surface area contributed by atoms with Gasteiger partial charge in [-0.1, -0.05) is 30.3 Å². The SMILES string of the molecule is O=C(C=Cc1ccccc1)OC(COc1ccc([N+](=O)[O-])cc1)COc1ccc([N+](=O)[O-])cc1. The molecule has 174 valence electrons. The van der Waals surface area contributed by atoms with Gasteiger partial charge in [-0.2, -0.15) is 0 Å². The third-order valence-corrected chi connectivity index (χ3v) is 4.46. The van der Waals surface area contributed by atoms with Crippen molar-refractivity contribution in [2.45, 2.75) is 6.10 Å². The highest BCUT2D eigenvalue weighted by molar-refractivity contribution is 5.87. The number of carbonyl (C=O) groups excluding carboxylic acids is 1. The van der Waals surface area contributed by atoms with Crippen molar-refractivity contribution in [2.24, 2.45) is 0 Å². The minimum atomic E-state index is -0.835. The number of carbonyl (C=O) groups is 1. The van der Waals surface area contributed by atoms with E-state index in [1.54, 1.807) is 6.08 Å². The third-order valence-electron chi connectivity index (χ3n) is 4.46. The van der Waals surface area contributed by atoms with Gasteiger partial charge >= 0.3 is 5.97 Å². The molecule has 34 heavy (non-hydrogen) atoms. The molecule has 3 aromatic carbocycles. The van der Waals surface area contributed by atoms with Crippen LogP contribution in [-0.4, -0.2) is 35.1 Å². The fraction of sp³-hybridized carbons (Fsp3) is 0.125. The molecule has 0 amide bonds. The number of non-ortho nitro benzene ring substituents is 2. The maximum absolute atomic E-state index is 12.3. The molecule has 0 bridgehead atoms. The predicted octanol–water partition coefficient (Wildman–Crippen LogP) is 4.59. The second kappa shape index (κ2) is 11.8. The molecule has 0 saturated heterocycles. The van der Waals surface area contributed by atoms with Crippen molar-refractivity contribution in [1.82, 2.24) is 0 Å². The zero-order valence-corrected chi connectivity index (χ0v) is 17.8. The van der Waals surface area contributed by atoms with Crippen molar-refractivity contribution >= 4 is 23.4 Å². The number of esters is 1. The number of nitro benzene ring substituents is 2. The molecule has 3 aromatic rings. The predicted molar refractivity (Wildman–Crippen MR) is 123 cm³/mol. The molecule has 0 saturated carbocycles. The Hall–Kier alpha value is -4.73.